The Morgan fingerprint density at radius 3 is 2.66 bits per heavy atom. The van der Waals surface area contributed by atoms with Crippen molar-refractivity contribution in [3.05, 3.63) is 72.7 Å². The number of benzene rings is 1. The molecule has 0 radical (unpaired) electrons. The molecular formula is C24H25N5O3. The Morgan fingerprint density at radius 2 is 1.91 bits per heavy atom. The minimum absolute atomic E-state index is 0.0256. The minimum atomic E-state index is -0.430. The van der Waals surface area contributed by atoms with Gasteiger partial charge in [-0.1, -0.05) is 18.2 Å². The number of rotatable bonds is 3. The third-order valence-electron chi connectivity index (χ3n) is 6.24. The Kier molecular flexibility index (Phi) is 5.45. The fraction of sp³-hybridized carbons (Fsp3) is 0.333. The van der Waals surface area contributed by atoms with Crippen molar-refractivity contribution in [3.63, 3.8) is 0 Å². The first-order valence-electron chi connectivity index (χ1n) is 10.9. The van der Waals surface area contributed by atoms with Crippen LogP contribution in [0.2, 0.25) is 0 Å². The number of likely N-dealkylation sites (tertiary alicyclic amines) is 1. The van der Waals surface area contributed by atoms with Crippen molar-refractivity contribution in [2.75, 3.05) is 31.1 Å². The number of nitrogens with zero attached hydrogens (tertiary/aromatic N) is 5. The second kappa shape index (κ2) is 8.55. The van der Waals surface area contributed by atoms with Crippen molar-refractivity contribution in [2.24, 2.45) is 0 Å². The van der Waals surface area contributed by atoms with E-state index < -0.39 is 5.60 Å². The number of para-hydroxylation sites is 1. The number of hydrogen-bond acceptors (Lipinski definition) is 5. The molecule has 2 amide bonds. The zero-order valence-corrected chi connectivity index (χ0v) is 17.8. The Morgan fingerprint density at radius 1 is 1.03 bits per heavy atom. The number of pyridine rings is 1. The number of anilines is 1. The van der Waals surface area contributed by atoms with Gasteiger partial charge in [-0.25, -0.2) is 9.67 Å². The molecule has 1 spiro atoms. The van der Waals surface area contributed by atoms with Crippen LogP contribution < -0.4 is 4.90 Å². The molecule has 8 heteroatoms. The number of morpholine rings is 1. The monoisotopic (exact) mass is 431 g/mol. The number of ether oxygens (including phenoxy) is 1. The molecule has 0 N–H and O–H groups in total. The van der Waals surface area contributed by atoms with Gasteiger partial charge in [0.05, 0.1) is 17.7 Å². The summed E-state index contributed by atoms with van der Waals surface area (Å²) < 4.78 is 7.75. The lowest BCUT2D eigenvalue weighted by molar-refractivity contribution is -0.140. The molecule has 1 atom stereocenters. The lowest BCUT2D eigenvalue weighted by atomic mass is 9.92. The zero-order valence-electron chi connectivity index (χ0n) is 17.8. The summed E-state index contributed by atoms with van der Waals surface area (Å²) in [5, 5.41) is 4.16. The van der Waals surface area contributed by atoms with E-state index in [0.717, 1.165) is 18.5 Å². The zero-order chi connectivity index (χ0) is 22.0. The van der Waals surface area contributed by atoms with Crippen molar-refractivity contribution < 1.29 is 14.3 Å². The van der Waals surface area contributed by atoms with E-state index in [1.165, 1.54) is 0 Å². The first-order valence-corrected chi connectivity index (χ1v) is 10.9. The van der Waals surface area contributed by atoms with E-state index in [1.54, 1.807) is 29.2 Å². The summed E-state index contributed by atoms with van der Waals surface area (Å²) in [4.78, 5) is 33.7. The standard InChI is InChI=1S/C24H25N5O3/c30-22-17-32-24(18-28(22)20-6-2-1-3-7-20)10-4-13-27(15-11-24)23(31)19-8-9-21(25-16-19)29-14-5-12-26-29/h1-3,5-9,12,14,16H,4,10-11,13,15,17-18H2/t24-/m1/s1. The molecule has 2 aliphatic rings. The van der Waals surface area contributed by atoms with Gasteiger partial charge in [-0.15, -0.1) is 0 Å². The Labute approximate surface area is 186 Å². The molecule has 2 aliphatic heterocycles. The highest BCUT2D eigenvalue weighted by Gasteiger charge is 2.42. The number of carbonyl (C=O) groups excluding carboxylic acids is 2. The molecule has 164 valence electrons. The van der Waals surface area contributed by atoms with Gasteiger partial charge in [0, 0.05) is 37.4 Å². The molecule has 4 heterocycles. The molecule has 32 heavy (non-hydrogen) atoms. The highest BCUT2D eigenvalue weighted by Crippen LogP contribution is 2.33. The van der Waals surface area contributed by atoms with Crippen LogP contribution in [-0.2, 0) is 9.53 Å². The topological polar surface area (TPSA) is 80.6 Å². The maximum atomic E-state index is 13.1. The second-order valence-electron chi connectivity index (χ2n) is 8.29. The van der Waals surface area contributed by atoms with E-state index in [2.05, 4.69) is 10.1 Å². The summed E-state index contributed by atoms with van der Waals surface area (Å²) >= 11 is 0. The van der Waals surface area contributed by atoms with E-state index in [1.807, 2.05) is 52.4 Å². The first kappa shape index (κ1) is 20.4. The molecule has 0 bridgehead atoms. The minimum Gasteiger partial charge on any atom is -0.363 e. The van der Waals surface area contributed by atoms with Crippen LogP contribution in [-0.4, -0.2) is 63.3 Å². The molecule has 0 unspecified atom stereocenters. The van der Waals surface area contributed by atoms with E-state index in [0.29, 0.717) is 37.4 Å². The molecule has 2 fully saturated rings. The quantitative estimate of drug-likeness (QED) is 0.637. The SMILES string of the molecule is O=C(c1ccc(-n2cccn2)nc1)N1CCC[C@@]2(CC1)CN(c1ccccc1)C(=O)CO2. The summed E-state index contributed by atoms with van der Waals surface area (Å²) in [7, 11) is 0. The largest absolute Gasteiger partial charge is 0.363 e. The van der Waals surface area contributed by atoms with E-state index in [9.17, 15) is 9.59 Å². The predicted octanol–water partition coefficient (Wildman–Crippen LogP) is 2.70. The van der Waals surface area contributed by atoms with Crippen molar-refractivity contribution in [1.29, 1.82) is 0 Å². The van der Waals surface area contributed by atoms with Gasteiger partial charge in [-0.05, 0) is 49.6 Å². The molecule has 8 nitrogen and oxygen atoms in total. The van der Waals surface area contributed by atoms with Gasteiger partial charge in [0.25, 0.3) is 11.8 Å². The van der Waals surface area contributed by atoms with Crippen LogP contribution in [0.25, 0.3) is 5.82 Å². The molecule has 2 aromatic heterocycles. The molecule has 2 saturated heterocycles. The number of aromatic nitrogens is 3. The van der Waals surface area contributed by atoms with Crippen molar-refractivity contribution in [2.45, 2.75) is 24.9 Å². The summed E-state index contributed by atoms with van der Waals surface area (Å²) in [6.45, 7) is 1.82. The lowest BCUT2D eigenvalue weighted by Crippen LogP contribution is -2.55. The van der Waals surface area contributed by atoms with Crippen LogP contribution >= 0.6 is 0 Å². The Bertz CT molecular complexity index is 1080. The lowest BCUT2D eigenvalue weighted by Gasteiger charge is -2.42. The molecule has 3 aromatic rings. The molecule has 0 aliphatic carbocycles. The maximum Gasteiger partial charge on any atom is 0.255 e. The van der Waals surface area contributed by atoms with E-state index in [-0.39, 0.29) is 18.4 Å². The van der Waals surface area contributed by atoms with Gasteiger partial charge in [-0.3, -0.25) is 9.59 Å². The van der Waals surface area contributed by atoms with E-state index in [4.69, 9.17) is 4.74 Å². The highest BCUT2D eigenvalue weighted by atomic mass is 16.5. The Balaban J connectivity index is 1.27. The number of hydrogen-bond donors (Lipinski definition) is 0. The summed E-state index contributed by atoms with van der Waals surface area (Å²) in [5.41, 5.74) is 1.02. The molecule has 1 aromatic carbocycles. The molecule has 5 rings (SSSR count). The van der Waals surface area contributed by atoms with Crippen LogP contribution in [0.15, 0.2) is 67.1 Å². The number of carbonyl (C=O) groups is 2. The summed E-state index contributed by atoms with van der Waals surface area (Å²) in [6.07, 6.45) is 7.42. The highest BCUT2D eigenvalue weighted by molar-refractivity contribution is 5.95. The van der Waals surface area contributed by atoms with Gasteiger partial charge >= 0.3 is 0 Å². The normalized spacial score (nSPS) is 21.6. The third kappa shape index (κ3) is 4.01. The van der Waals surface area contributed by atoms with Crippen molar-refractivity contribution in [1.82, 2.24) is 19.7 Å². The van der Waals surface area contributed by atoms with Crippen molar-refractivity contribution >= 4 is 17.5 Å². The van der Waals surface area contributed by atoms with Gasteiger partial charge in [0.1, 0.15) is 6.61 Å². The van der Waals surface area contributed by atoms with Gasteiger partial charge in [-0.2, -0.15) is 5.10 Å². The average Bonchev–Trinajstić information content (AvgIpc) is 3.30. The predicted molar refractivity (Wildman–Crippen MR) is 119 cm³/mol. The fourth-order valence-electron chi connectivity index (χ4n) is 4.47. The number of amides is 2. The van der Waals surface area contributed by atoms with Crippen LogP contribution in [0, 0.1) is 0 Å². The van der Waals surface area contributed by atoms with Crippen LogP contribution in [0.1, 0.15) is 29.6 Å². The van der Waals surface area contributed by atoms with Gasteiger partial charge < -0.3 is 14.5 Å². The second-order valence-corrected chi connectivity index (χ2v) is 8.29. The average molecular weight is 431 g/mol. The third-order valence-corrected chi connectivity index (χ3v) is 6.24. The van der Waals surface area contributed by atoms with Crippen LogP contribution in [0.4, 0.5) is 5.69 Å². The molecular weight excluding hydrogens is 406 g/mol. The van der Waals surface area contributed by atoms with Crippen LogP contribution in [0.5, 0.6) is 0 Å². The Hall–Kier alpha value is -3.52. The summed E-state index contributed by atoms with van der Waals surface area (Å²) in [5.74, 6) is 0.610. The fourth-order valence-corrected chi connectivity index (χ4v) is 4.47. The maximum absolute atomic E-state index is 13.1. The first-order chi connectivity index (χ1) is 15.6. The smallest absolute Gasteiger partial charge is 0.255 e. The van der Waals surface area contributed by atoms with Crippen molar-refractivity contribution in [3.8, 4) is 5.82 Å². The van der Waals surface area contributed by atoms with Crippen LogP contribution in [0.3, 0.4) is 0 Å². The van der Waals surface area contributed by atoms with Gasteiger partial charge in [0.2, 0.25) is 0 Å². The summed E-state index contributed by atoms with van der Waals surface area (Å²) in [6, 6.07) is 15.1. The molecule has 0 saturated carbocycles. The van der Waals surface area contributed by atoms with Gasteiger partial charge in [0.15, 0.2) is 5.82 Å². The van der Waals surface area contributed by atoms with E-state index >= 15 is 0 Å².